The van der Waals surface area contributed by atoms with E-state index in [0.29, 0.717) is 21.6 Å². The summed E-state index contributed by atoms with van der Waals surface area (Å²) in [6.07, 6.45) is -4.62. The Hall–Kier alpha value is -2.75. The van der Waals surface area contributed by atoms with Gasteiger partial charge in [0.05, 0.1) is 0 Å². The molecule has 3 amide bonds. The number of aryl methyl sites for hydroxylation is 1. The van der Waals surface area contributed by atoms with Crippen molar-refractivity contribution in [2.24, 2.45) is 0 Å². The number of benzene rings is 1. The molecule has 0 radical (unpaired) electrons. The first-order valence-electron chi connectivity index (χ1n) is 7.07. The average molecular weight is 393 g/mol. The first-order valence-corrected chi connectivity index (χ1v) is 7.45. The van der Waals surface area contributed by atoms with Crippen LogP contribution in [0.4, 0.5) is 18.0 Å². The van der Waals surface area contributed by atoms with Gasteiger partial charge in [-0.15, -0.1) is 0 Å². The number of esters is 1. The second-order valence-corrected chi connectivity index (χ2v) is 5.56. The minimum absolute atomic E-state index is 0.156. The maximum Gasteiger partial charge on any atom is 0.405 e. The predicted octanol–water partition coefficient (Wildman–Crippen LogP) is 2.94. The van der Waals surface area contributed by atoms with Crippen molar-refractivity contribution >= 4 is 40.5 Å². The van der Waals surface area contributed by atoms with Gasteiger partial charge in [-0.2, -0.15) is 13.2 Å². The summed E-state index contributed by atoms with van der Waals surface area (Å²) in [6, 6.07) is 3.34. The molecule has 1 aromatic carbocycles. The molecular formula is C15H12ClF3N2O5. The second kappa shape index (κ2) is 7.65. The molecule has 0 saturated heterocycles. The minimum Gasteiger partial charge on any atom is -0.450 e. The number of alkyl halides is 3. The van der Waals surface area contributed by atoms with E-state index in [0.717, 1.165) is 0 Å². The van der Waals surface area contributed by atoms with Crippen molar-refractivity contribution in [3.63, 3.8) is 0 Å². The third-order valence-corrected chi connectivity index (χ3v) is 3.36. The highest BCUT2D eigenvalue weighted by atomic mass is 35.5. The molecular weight excluding hydrogens is 381 g/mol. The number of halogens is 4. The van der Waals surface area contributed by atoms with Crippen molar-refractivity contribution < 1.29 is 36.7 Å². The number of urea groups is 1. The maximum absolute atomic E-state index is 12.0. The zero-order valence-corrected chi connectivity index (χ0v) is 14.0. The number of amides is 3. The topological polar surface area (TPSA) is 97.6 Å². The van der Waals surface area contributed by atoms with Crippen molar-refractivity contribution in [2.75, 3.05) is 13.2 Å². The van der Waals surface area contributed by atoms with Crippen LogP contribution in [0.3, 0.4) is 0 Å². The van der Waals surface area contributed by atoms with Crippen LogP contribution in [0.2, 0.25) is 5.02 Å². The number of carbonyl (C=O) groups excluding carboxylic acids is 3. The van der Waals surface area contributed by atoms with E-state index >= 15 is 0 Å². The summed E-state index contributed by atoms with van der Waals surface area (Å²) in [5.41, 5.74) is 0.825. The lowest BCUT2D eigenvalue weighted by molar-refractivity contribution is -0.125. The summed E-state index contributed by atoms with van der Waals surface area (Å²) in [5, 5.41) is 4.05. The molecule has 0 aliphatic carbocycles. The molecule has 0 aliphatic heterocycles. The molecule has 7 nitrogen and oxygen atoms in total. The fraction of sp³-hybridized carbons (Fsp3) is 0.267. The van der Waals surface area contributed by atoms with Gasteiger partial charge in [0.15, 0.2) is 6.61 Å². The van der Waals surface area contributed by atoms with Crippen LogP contribution in [0.5, 0.6) is 0 Å². The average Bonchev–Trinajstić information content (AvgIpc) is 2.87. The fourth-order valence-corrected chi connectivity index (χ4v) is 2.14. The number of imide groups is 1. The van der Waals surface area contributed by atoms with Gasteiger partial charge in [0, 0.05) is 16.0 Å². The summed E-state index contributed by atoms with van der Waals surface area (Å²) >= 11 is 5.87. The van der Waals surface area contributed by atoms with Crippen LogP contribution in [0.15, 0.2) is 22.6 Å². The summed E-state index contributed by atoms with van der Waals surface area (Å²) in [6.45, 7) is -0.897. The van der Waals surface area contributed by atoms with Gasteiger partial charge in [0.1, 0.15) is 12.1 Å². The molecule has 1 aromatic heterocycles. The van der Waals surface area contributed by atoms with Gasteiger partial charge in [-0.3, -0.25) is 10.1 Å². The van der Waals surface area contributed by atoms with Gasteiger partial charge in [-0.05, 0) is 25.1 Å². The van der Waals surface area contributed by atoms with E-state index in [9.17, 15) is 27.6 Å². The molecule has 2 rings (SSSR count). The van der Waals surface area contributed by atoms with Crippen LogP contribution in [-0.2, 0) is 9.53 Å². The number of furan rings is 1. The van der Waals surface area contributed by atoms with E-state index in [4.69, 9.17) is 20.8 Å². The second-order valence-electron chi connectivity index (χ2n) is 5.12. The first-order chi connectivity index (χ1) is 12.1. The van der Waals surface area contributed by atoms with Gasteiger partial charge in [0.2, 0.25) is 5.76 Å². The Labute approximate surface area is 149 Å². The van der Waals surface area contributed by atoms with Crippen LogP contribution in [0, 0.1) is 6.92 Å². The van der Waals surface area contributed by atoms with Crippen LogP contribution in [0.1, 0.15) is 16.1 Å². The third-order valence-electron chi connectivity index (χ3n) is 3.12. The number of ether oxygens (including phenoxy) is 1. The highest BCUT2D eigenvalue weighted by molar-refractivity contribution is 6.31. The zero-order valence-electron chi connectivity index (χ0n) is 13.2. The van der Waals surface area contributed by atoms with E-state index in [1.54, 1.807) is 30.4 Å². The maximum atomic E-state index is 12.0. The summed E-state index contributed by atoms with van der Waals surface area (Å²) in [5.74, 6) is -2.23. The number of nitrogens with one attached hydrogen (secondary N) is 2. The Morgan fingerprint density at radius 1 is 1.27 bits per heavy atom. The van der Waals surface area contributed by atoms with Crippen LogP contribution < -0.4 is 10.6 Å². The molecule has 2 aromatic rings. The van der Waals surface area contributed by atoms with Crippen LogP contribution >= 0.6 is 11.6 Å². The number of carbonyl (C=O) groups is 3. The van der Waals surface area contributed by atoms with E-state index < -0.39 is 37.2 Å². The van der Waals surface area contributed by atoms with Gasteiger partial charge in [0.25, 0.3) is 5.91 Å². The van der Waals surface area contributed by atoms with Crippen molar-refractivity contribution in [1.82, 2.24) is 10.6 Å². The number of hydrogen-bond acceptors (Lipinski definition) is 5. The smallest absolute Gasteiger partial charge is 0.405 e. The number of hydrogen-bond donors (Lipinski definition) is 2. The van der Waals surface area contributed by atoms with E-state index in [2.05, 4.69) is 0 Å². The summed E-state index contributed by atoms with van der Waals surface area (Å²) in [7, 11) is 0. The quantitative estimate of drug-likeness (QED) is 0.780. The zero-order chi connectivity index (χ0) is 19.5. The molecule has 0 fully saturated rings. The molecule has 0 saturated carbocycles. The number of rotatable bonds is 4. The monoisotopic (exact) mass is 392 g/mol. The Bertz CT molecular complexity index is 863. The lowest BCUT2D eigenvalue weighted by Gasteiger charge is -2.09. The summed E-state index contributed by atoms with van der Waals surface area (Å²) < 4.78 is 45.8. The van der Waals surface area contributed by atoms with Gasteiger partial charge < -0.3 is 14.5 Å². The van der Waals surface area contributed by atoms with E-state index in [1.807, 2.05) is 0 Å². The Kier molecular flexibility index (Phi) is 5.76. The number of fused-ring (bicyclic) bond motifs is 1. The minimum atomic E-state index is -4.62. The third kappa shape index (κ3) is 5.12. The van der Waals surface area contributed by atoms with Crippen molar-refractivity contribution in [3.8, 4) is 0 Å². The van der Waals surface area contributed by atoms with Gasteiger partial charge in [-0.25, -0.2) is 9.59 Å². The normalized spacial score (nSPS) is 11.3. The van der Waals surface area contributed by atoms with E-state index in [-0.39, 0.29) is 5.76 Å². The molecule has 0 atom stereocenters. The fourth-order valence-electron chi connectivity index (χ4n) is 1.97. The Morgan fingerprint density at radius 3 is 2.62 bits per heavy atom. The highest BCUT2D eigenvalue weighted by Crippen LogP contribution is 2.28. The van der Waals surface area contributed by atoms with Crippen molar-refractivity contribution in [3.05, 3.63) is 34.5 Å². The molecule has 0 unspecified atom stereocenters. The largest absolute Gasteiger partial charge is 0.450 e. The van der Waals surface area contributed by atoms with Gasteiger partial charge in [-0.1, -0.05) is 11.6 Å². The molecule has 2 N–H and O–H groups in total. The van der Waals surface area contributed by atoms with Crippen LogP contribution in [0.25, 0.3) is 11.0 Å². The molecule has 0 aliphatic rings. The predicted molar refractivity (Wildman–Crippen MR) is 83.8 cm³/mol. The molecule has 1 heterocycles. The van der Waals surface area contributed by atoms with E-state index in [1.165, 1.54) is 5.32 Å². The molecule has 11 heteroatoms. The van der Waals surface area contributed by atoms with Crippen LogP contribution in [-0.4, -0.2) is 37.2 Å². The highest BCUT2D eigenvalue weighted by Gasteiger charge is 2.28. The van der Waals surface area contributed by atoms with Gasteiger partial charge >= 0.3 is 18.2 Å². The molecule has 0 spiro atoms. The lowest BCUT2D eigenvalue weighted by Crippen LogP contribution is -2.44. The van der Waals surface area contributed by atoms with Crippen molar-refractivity contribution in [1.29, 1.82) is 0 Å². The molecule has 26 heavy (non-hydrogen) atoms. The SMILES string of the molecule is Cc1c(C(=O)OCC(=O)NC(=O)NCC(F)(F)F)oc2ccc(Cl)cc12. The summed E-state index contributed by atoms with van der Waals surface area (Å²) in [4.78, 5) is 34.5. The lowest BCUT2D eigenvalue weighted by atomic mass is 10.1. The first kappa shape index (κ1) is 19.6. The Balaban J connectivity index is 1.91. The molecule has 140 valence electrons. The van der Waals surface area contributed by atoms with Crippen molar-refractivity contribution in [2.45, 2.75) is 13.1 Å². The Morgan fingerprint density at radius 2 is 1.96 bits per heavy atom. The molecule has 0 bridgehead atoms. The standard InChI is InChI=1S/C15H12ClF3N2O5/c1-7-9-4-8(16)2-3-10(9)26-12(7)13(23)25-5-11(22)21-14(24)20-6-15(17,18)19/h2-4H,5-6H2,1H3,(H2,20,21,22,24).